The summed E-state index contributed by atoms with van der Waals surface area (Å²) in [5, 5.41) is 14.1. The molecular formula is C17H21F2N7O4S2. The zero-order chi connectivity index (χ0) is 22.8. The van der Waals surface area contributed by atoms with Crippen LogP contribution in [-0.2, 0) is 26.0 Å². The fourth-order valence-electron chi connectivity index (χ4n) is 3.23. The van der Waals surface area contributed by atoms with Crippen molar-refractivity contribution in [2.45, 2.75) is 36.3 Å². The molecule has 0 radical (unpaired) electrons. The molecule has 1 aliphatic rings. The molecule has 1 fully saturated rings. The largest absolute Gasteiger partial charge is 0.378 e. The van der Waals surface area contributed by atoms with Crippen LogP contribution in [0.5, 0.6) is 0 Å². The number of nitrogens with zero attached hydrogens (tertiary/aromatic N) is 5. The van der Waals surface area contributed by atoms with Crippen LogP contribution in [0.3, 0.4) is 0 Å². The van der Waals surface area contributed by atoms with Gasteiger partial charge in [0.1, 0.15) is 21.3 Å². The lowest BCUT2D eigenvalue weighted by Crippen LogP contribution is -2.50. The summed E-state index contributed by atoms with van der Waals surface area (Å²) in [5.41, 5.74) is -0.618. The van der Waals surface area contributed by atoms with Crippen molar-refractivity contribution in [1.29, 1.82) is 0 Å². The van der Waals surface area contributed by atoms with Crippen LogP contribution in [0, 0.1) is 0 Å². The van der Waals surface area contributed by atoms with Gasteiger partial charge in [0, 0.05) is 26.5 Å². The molecule has 1 saturated heterocycles. The van der Waals surface area contributed by atoms with Crippen LogP contribution in [-0.4, -0.2) is 65.7 Å². The standard InChI is InChI=1S/C17H21F2N7O4S2/c1-29-17(4-2-6-30-10-17)9-22-32(27,28)11-7-21-26-5-3-12(23-15(11)26)20-8-13-24-25-16(31-13)14(18)19/h3,5,7,14,22H,2,4,6,8-10H2,1H3,(H,20,23). The molecule has 0 spiro atoms. The van der Waals surface area contributed by atoms with E-state index in [1.807, 2.05) is 0 Å². The molecule has 0 bridgehead atoms. The Morgan fingerprint density at radius 3 is 2.94 bits per heavy atom. The lowest BCUT2D eigenvalue weighted by Gasteiger charge is -2.35. The maximum Gasteiger partial charge on any atom is 0.291 e. The molecule has 1 aliphatic heterocycles. The Morgan fingerprint density at radius 2 is 2.25 bits per heavy atom. The van der Waals surface area contributed by atoms with Gasteiger partial charge in [0.2, 0.25) is 10.0 Å². The quantitative estimate of drug-likeness (QED) is 0.460. The van der Waals surface area contributed by atoms with Crippen LogP contribution in [0.25, 0.3) is 5.65 Å². The molecular weight excluding hydrogens is 468 g/mol. The minimum absolute atomic E-state index is 0.0463. The number of hydrogen-bond acceptors (Lipinski definition) is 10. The first kappa shape index (κ1) is 22.8. The van der Waals surface area contributed by atoms with Gasteiger partial charge >= 0.3 is 0 Å². The molecule has 3 aromatic heterocycles. The van der Waals surface area contributed by atoms with Gasteiger partial charge in [0.15, 0.2) is 10.7 Å². The second-order valence-corrected chi connectivity index (χ2v) is 9.97. The van der Waals surface area contributed by atoms with E-state index in [9.17, 15) is 17.2 Å². The fraction of sp³-hybridized carbons (Fsp3) is 0.529. The van der Waals surface area contributed by atoms with E-state index in [1.165, 1.54) is 17.8 Å². The van der Waals surface area contributed by atoms with Crippen LogP contribution in [0.4, 0.5) is 14.6 Å². The number of ether oxygens (including phenoxy) is 2. The molecule has 0 saturated carbocycles. The van der Waals surface area contributed by atoms with Crippen LogP contribution >= 0.6 is 11.3 Å². The molecule has 0 aromatic carbocycles. The van der Waals surface area contributed by atoms with Gasteiger partial charge in [0.05, 0.1) is 19.3 Å². The van der Waals surface area contributed by atoms with Gasteiger partial charge in [-0.25, -0.2) is 31.4 Å². The Morgan fingerprint density at radius 1 is 1.41 bits per heavy atom. The summed E-state index contributed by atoms with van der Waals surface area (Å²) < 4.78 is 66.1. The van der Waals surface area contributed by atoms with Gasteiger partial charge in [-0.15, -0.1) is 10.2 Å². The van der Waals surface area contributed by atoms with Gasteiger partial charge in [0.25, 0.3) is 6.43 Å². The normalized spacial score (nSPS) is 19.6. The Kier molecular flexibility index (Phi) is 6.62. The molecule has 174 valence electrons. The van der Waals surface area contributed by atoms with Crippen molar-refractivity contribution in [2.75, 3.05) is 32.2 Å². The summed E-state index contributed by atoms with van der Waals surface area (Å²) in [6.45, 7) is 1.07. The summed E-state index contributed by atoms with van der Waals surface area (Å²) in [5.74, 6) is 0.331. The molecule has 0 aliphatic carbocycles. The lowest BCUT2D eigenvalue weighted by molar-refractivity contribution is -0.105. The maximum atomic E-state index is 13.0. The summed E-state index contributed by atoms with van der Waals surface area (Å²) >= 11 is 0.787. The fourth-order valence-corrected chi connectivity index (χ4v) is 5.04. The molecule has 4 rings (SSSR count). The number of aromatic nitrogens is 5. The van der Waals surface area contributed by atoms with Crippen molar-refractivity contribution in [2.24, 2.45) is 0 Å². The number of rotatable bonds is 9. The van der Waals surface area contributed by atoms with Gasteiger partial charge in [-0.05, 0) is 18.9 Å². The highest BCUT2D eigenvalue weighted by Gasteiger charge is 2.35. The molecule has 15 heteroatoms. The van der Waals surface area contributed by atoms with Crippen LogP contribution in [0.15, 0.2) is 23.4 Å². The van der Waals surface area contributed by atoms with Gasteiger partial charge < -0.3 is 14.8 Å². The second kappa shape index (κ2) is 9.27. The maximum absolute atomic E-state index is 13.0. The van der Waals surface area contributed by atoms with Crippen molar-refractivity contribution >= 4 is 32.8 Å². The number of hydrogen-bond donors (Lipinski definition) is 2. The Labute approximate surface area is 186 Å². The molecule has 3 aromatic rings. The third-order valence-electron chi connectivity index (χ3n) is 5.02. The van der Waals surface area contributed by atoms with E-state index in [0.29, 0.717) is 30.5 Å². The van der Waals surface area contributed by atoms with Crippen LogP contribution in [0.2, 0.25) is 0 Å². The van der Waals surface area contributed by atoms with E-state index in [2.05, 4.69) is 30.3 Å². The summed E-state index contributed by atoms with van der Waals surface area (Å²) in [4.78, 5) is 4.22. The van der Waals surface area contributed by atoms with E-state index < -0.39 is 22.0 Å². The minimum atomic E-state index is -3.94. The topological polar surface area (TPSA) is 133 Å². The molecule has 32 heavy (non-hydrogen) atoms. The highest BCUT2D eigenvalue weighted by Crippen LogP contribution is 2.25. The van der Waals surface area contributed by atoms with E-state index in [-0.39, 0.29) is 28.6 Å². The zero-order valence-electron chi connectivity index (χ0n) is 17.0. The summed E-state index contributed by atoms with van der Waals surface area (Å²) in [6, 6.07) is 1.58. The minimum Gasteiger partial charge on any atom is -0.378 e. The first-order valence-corrected chi connectivity index (χ1v) is 11.9. The van der Waals surface area contributed by atoms with E-state index in [4.69, 9.17) is 9.47 Å². The number of nitrogens with one attached hydrogen (secondary N) is 2. The Bertz CT molecular complexity index is 1180. The van der Waals surface area contributed by atoms with Crippen molar-refractivity contribution in [3.05, 3.63) is 28.5 Å². The highest BCUT2D eigenvalue weighted by molar-refractivity contribution is 7.89. The monoisotopic (exact) mass is 489 g/mol. The summed E-state index contributed by atoms with van der Waals surface area (Å²) in [6.07, 6.45) is 1.52. The smallest absolute Gasteiger partial charge is 0.291 e. The predicted octanol–water partition coefficient (Wildman–Crippen LogP) is 1.60. The first-order valence-electron chi connectivity index (χ1n) is 9.63. The van der Waals surface area contributed by atoms with Gasteiger partial charge in [-0.1, -0.05) is 11.3 Å². The van der Waals surface area contributed by atoms with E-state index in [1.54, 1.807) is 12.3 Å². The molecule has 0 amide bonds. The number of anilines is 1. The lowest BCUT2D eigenvalue weighted by atomic mass is 9.97. The number of fused-ring (bicyclic) bond motifs is 1. The SMILES string of the molecule is COC1(CNS(=O)(=O)c2cnn3ccc(NCc4nnc(C(F)F)s4)nc23)CCCOC1. The Hall–Kier alpha value is -2.33. The Balaban J connectivity index is 1.49. The van der Waals surface area contributed by atoms with E-state index >= 15 is 0 Å². The van der Waals surface area contributed by atoms with Crippen molar-refractivity contribution in [3.8, 4) is 0 Å². The molecule has 4 heterocycles. The molecule has 11 nitrogen and oxygen atoms in total. The van der Waals surface area contributed by atoms with Crippen LogP contribution in [0.1, 0.15) is 29.3 Å². The van der Waals surface area contributed by atoms with Gasteiger partial charge in [-0.2, -0.15) is 5.10 Å². The number of sulfonamides is 1. The number of halogens is 2. The zero-order valence-corrected chi connectivity index (χ0v) is 18.6. The van der Waals surface area contributed by atoms with Crippen molar-refractivity contribution < 1.29 is 26.7 Å². The number of alkyl halides is 2. The second-order valence-electron chi connectivity index (χ2n) is 7.15. The highest BCUT2D eigenvalue weighted by atomic mass is 32.2. The van der Waals surface area contributed by atoms with E-state index in [0.717, 1.165) is 17.8 Å². The average Bonchev–Trinajstić information content (AvgIpc) is 3.44. The average molecular weight is 490 g/mol. The number of methoxy groups -OCH3 is 1. The first-order chi connectivity index (χ1) is 15.3. The van der Waals surface area contributed by atoms with Crippen molar-refractivity contribution in [3.63, 3.8) is 0 Å². The third-order valence-corrected chi connectivity index (χ3v) is 7.34. The van der Waals surface area contributed by atoms with Crippen LogP contribution < -0.4 is 10.0 Å². The summed E-state index contributed by atoms with van der Waals surface area (Å²) in [7, 11) is -2.42. The van der Waals surface area contributed by atoms with Crippen molar-refractivity contribution in [1.82, 2.24) is 29.5 Å². The molecule has 1 unspecified atom stereocenters. The molecule has 2 N–H and O–H groups in total. The third kappa shape index (κ3) is 4.85. The predicted molar refractivity (Wildman–Crippen MR) is 110 cm³/mol. The molecule has 1 atom stereocenters. The van der Waals surface area contributed by atoms with Gasteiger partial charge in [-0.3, -0.25) is 0 Å².